The van der Waals surface area contributed by atoms with Gasteiger partial charge in [0.1, 0.15) is 27.2 Å². The lowest BCUT2D eigenvalue weighted by Crippen LogP contribution is -2.42. The van der Waals surface area contributed by atoms with E-state index in [0.717, 1.165) is 0 Å². The molecule has 1 saturated carbocycles. The van der Waals surface area contributed by atoms with Crippen molar-refractivity contribution in [2.45, 2.75) is 29.7 Å². The molecule has 0 saturated heterocycles. The number of alkyl halides is 1. The van der Waals surface area contributed by atoms with E-state index in [2.05, 4.69) is 107 Å². The number of halogens is 1. The first-order valence-electron chi connectivity index (χ1n) is 9.02. The van der Waals surface area contributed by atoms with Gasteiger partial charge < -0.3 is 0 Å². The molecule has 0 nitrogen and oxygen atoms in total. The van der Waals surface area contributed by atoms with Crippen molar-refractivity contribution in [2.75, 3.05) is 0 Å². The van der Waals surface area contributed by atoms with Crippen LogP contribution in [0.5, 0.6) is 0 Å². The largest absolute Gasteiger partial charge is 0.147 e. The Morgan fingerprint density at radius 2 is 0.880 bits per heavy atom. The van der Waals surface area contributed by atoms with Crippen LogP contribution < -0.4 is 15.9 Å². The van der Waals surface area contributed by atoms with Gasteiger partial charge in [-0.1, -0.05) is 54.6 Å². The second-order valence-corrected chi connectivity index (χ2v) is 12.7. The van der Waals surface area contributed by atoms with Crippen LogP contribution in [0.2, 0.25) is 0 Å². The van der Waals surface area contributed by atoms with Gasteiger partial charge in [0.15, 0.2) is 0 Å². The normalized spacial score (nSPS) is 16.7. The third kappa shape index (κ3) is 2.78. The molecule has 0 heterocycles. The van der Waals surface area contributed by atoms with Crippen LogP contribution in [-0.2, 0) is 0 Å². The topological polar surface area (TPSA) is 0 Å². The highest BCUT2D eigenvalue weighted by Crippen LogP contribution is 2.73. The first-order valence-corrected chi connectivity index (χ1v) is 11.6. The second-order valence-electron chi connectivity index (χ2n) is 6.80. The van der Waals surface area contributed by atoms with E-state index in [0.29, 0.717) is 0 Å². The van der Waals surface area contributed by atoms with E-state index in [1.165, 1.54) is 41.6 Å². The third-order valence-electron chi connectivity index (χ3n) is 5.40. The van der Waals surface area contributed by atoms with Crippen LogP contribution in [0.3, 0.4) is 0 Å². The Morgan fingerprint density at radius 3 is 1.20 bits per heavy atom. The van der Waals surface area contributed by atoms with Gasteiger partial charge in [0, 0.05) is 0 Å². The van der Waals surface area contributed by atoms with Crippen molar-refractivity contribution in [1.82, 2.24) is 0 Å². The lowest BCUT2D eigenvalue weighted by molar-refractivity contribution is 0.845. The Hall–Kier alpha value is -1.43. The second kappa shape index (κ2) is 7.06. The van der Waals surface area contributed by atoms with Crippen molar-refractivity contribution in [2.24, 2.45) is 0 Å². The molecule has 0 aliphatic heterocycles. The van der Waals surface area contributed by atoms with Gasteiger partial charge in [-0.3, -0.25) is 0 Å². The highest BCUT2D eigenvalue weighted by molar-refractivity contribution is 9.11. The van der Waals surface area contributed by atoms with Crippen molar-refractivity contribution < 1.29 is 0 Å². The van der Waals surface area contributed by atoms with Crippen molar-refractivity contribution in [3.63, 3.8) is 0 Å². The zero-order chi connectivity index (χ0) is 17.2. The van der Waals surface area contributed by atoms with E-state index >= 15 is 0 Å². The number of hydrogen-bond donors (Lipinski definition) is 0. The molecule has 2 heteroatoms. The van der Waals surface area contributed by atoms with Crippen molar-refractivity contribution >= 4 is 39.1 Å². The summed E-state index contributed by atoms with van der Waals surface area (Å²) >= 11 is 4.33. The van der Waals surface area contributed by atoms with E-state index in [9.17, 15) is 0 Å². The summed E-state index contributed by atoms with van der Waals surface area (Å²) in [5.74, 6) is 0. The molecule has 0 amide bonds. The molecule has 1 fully saturated rings. The van der Waals surface area contributed by atoms with Crippen molar-refractivity contribution in [3.05, 3.63) is 91.0 Å². The van der Waals surface area contributed by atoms with Crippen LogP contribution in [0.1, 0.15) is 25.7 Å². The molecule has 0 N–H and O–H groups in total. The Bertz CT molecular complexity index is 712. The zero-order valence-corrected chi connectivity index (χ0v) is 16.8. The molecule has 1 aliphatic carbocycles. The smallest absolute Gasteiger partial charge is 0.0620 e. The summed E-state index contributed by atoms with van der Waals surface area (Å²) in [5.41, 5.74) is 0. The SMILES string of the molecule is BrC1([P+](c2ccccc2)(c2ccccc2)c2ccccc2)CCCC1. The fourth-order valence-corrected chi connectivity index (χ4v) is 11.9. The average molecular weight is 410 g/mol. The van der Waals surface area contributed by atoms with Gasteiger partial charge in [0.05, 0.1) is 0 Å². The minimum atomic E-state index is -1.80. The maximum atomic E-state index is 4.33. The van der Waals surface area contributed by atoms with E-state index in [1.807, 2.05) is 0 Å². The number of benzene rings is 3. The third-order valence-corrected chi connectivity index (χ3v) is 12.7. The summed E-state index contributed by atoms with van der Waals surface area (Å²) in [6.45, 7) is 0. The molecule has 3 aromatic rings. The summed E-state index contributed by atoms with van der Waals surface area (Å²) < 4.78 is 0.143. The van der Waals surface area contributed by atoms with Gasteiger partial charge in [0.2, 0.25) is 0 Å². The molecule has 1 aliphatic rings. The van der Waals surface area contributed by atoms with Crippen molar-refractivity contribution in [1.29, 1.82) is 0 Å². The first-order chi connectivity index (χ1) is 12.3. The maximum absolute atomic E-state index is 4.33. The predicted molar refractivity (Wildman–Crippen MR) is 115 cm³/mol. The van der Waals surface area contributed by atoms with E-state index in [1.54, 1.807) is 0 Å². The predicted octanol–water partition coefficient (Wildman–Crippen LogP) is 5.65. The molecule has 4 rings (SSSR count). The van der Waals surface area contributed by atoms with Crippen LogP contribution in [-0.4, -0.2) is 4.07 Å². The summed E-state index contributed by atoms with van der Waals surface area (Å²) in [4.78, 5) is 0. The molecular weight excluding hydrogens is 387 g/mol. The minimum Gasteiger partial charge on any atom is -0.0620 e. The van der Waals surface area contributed by atoms with Gasteiger partial charge in [0.25, 0.3) is 0 Å². The molecule has 25 heavy (non-hydrogen) atoms. The quantitative estimate of drug-likeness (QED) is 0.386. The lowest BCUT2D eigenvalue weighted by Gasteiger charge is -2.39. The van der Waals surface area contributed by atoms with Gasteiger partial charge in [-0.15, -0.1) is 0 Å². The van der Waals surface area contributed by atoms with Gasteiger partial charge in [-0.05, 0) is 78.0 Å². The van der Waals surface area contributed by atoms with Crippen LogP contribution in [0.25, 0.3) is 0 Å². The first kappa shape index (κ1) is 17.0. The fourth-order valence-electron chi connectivity index (χ4n) is 4.35. The van der Waals surface area contributed by atoms with Crippen LogP contribution >= 0.6 is 23.2 Å². The molecule has 0 spiro atoms. The summed E-state index contributed by atoms with van der Waals surface area (Å²) in [5, 5.41) is 4.43. The molecule has 3 aromatic carbocycles. The summed E-state index contributed by atoms with van der Waals surface area (Å²) in [6.07, 6.45) is 5.08. The van der Waals surface area contributed by atoms with Crippen LogP contribution in [0, 0.1) is 0 Å². The van der Waals surface area contributed by atoms with Gasteiger partial charge in [-0.2, -0.15) is 0 Å². The monoisotopic (exact) mass is 409 g/mol. The molecule has 0 aromatic heterocycles. The van der Waals surface area contributed by atoms with E-state index in [4.69, 9.17) is 0 Å². The fraction of sp³-hybridized carbons (Fsp3) is 0.217. The van der Waals surface area contributed by atoms with E-state index < -0.39 is 7.26 Å². The Labute approximate surface area is 159 Å². The number of hydrogen-bond acceptors (Lipinski definition) is 0. The maximum Gasteiger partial charge on any atom is 0.147 e. The molecular formula is C23H23BrP+. The van der Waals surface area contributed by atoms with Gasteiger partial charge in [-0.25, -0.2) is 0 Å². The molecule has 0 radical (unpaired) electrons. The molecule has 0 atom stereocenters. The van der Waals surface area contributed by atoms with Gasteiger partial charge >= 0.3 is 0 Å². The van der Waals surface area contributed by atoms with Crippen LogP contribution in [0.15, 0.2) is 91.0 Å². The number of rotatable bonds is 4. The molecule has 0 bridgehead atoms. The standard InChI is InChI=1S/C23H23BrP/c24-23(18-10-11-19-23)25(20-12-4-1-5-13-20,21-14-6-2-7-15-21)22-16-8-3-9-17-22/h1-9,12-17H,10-11,18-19H2/q+1. The summed E-state index contributed by atoms with van der Waals surface area (Å²) in [6, 6.07) is 33.6. The van der Waals surface area contributed by atoms with E-state index in [-0.39, 0.29) is 4.07 Å². The highest BCUT2D eigenvalue weighted by Gasteiger charge is 2.62. The Kier molecular flexibility index (Phi) is 4.80. The van der Waals surface area contributed by atoms with Crippen molar-refractivity contribution in [3.8, 4) is 0 Å². The Morgan fingerprint density at radius 1 is 0.560 bits per heavy atom. The lowest BCUT2D eigenvalue weighted by atomic mass is 10.3. The molecule has 126 valence electrons. The molecule has 0 unspecified atom stereocenters. The minimum absolute atomic E-state index is 0.143. The highest BCUT2D eigenvalue weighted by atomic mass is 79.9. The summed E-state index contributed by atoms with van der Waals surface area (Å²) in [7, 11) is -1.80. The van der Waals surface area contributed by atoms with Crippen LogP contribution in [0.4, 0.5) is 0 Å². The average Bonchev–Trinajstić information content (AvgIpc) is 3.13. The Balaban J connectivity index is 2.09. The zero-order valence-electron chi connectivity index (χ0n) is 14.3.